The van der Waals surface area contributed by atoms with Crippen LogP contribution in [0, 0.1) is 0 Å². The van der Waals surface area contributed by atoms with E-state index in [2.05, 4.69) is 4.98 Å². The minimum absolute atomic E-state index is 0.208. The molecule has 0 unspecified atom stereocenters. The molecule has 0 aromatic carbocycles. The van der Waals surface area contributed by atoms with Crippen LogP contribution in [0.4, 0.5) is 0 Å². The Morgan fingerprint density at radius 3 is 2.77 bits per heavy atom. The molecule has 0 spiro atoms. The van der Waals surface area contributed by atoms with Crippen molar-refractivity contribution in [3.8, 4) is 5.75 Å². The van der Waals surface area contributed by atoms with E-state index in [-0.39, 0.29) is 11.3 Å². The first-order chi connectivity index (χ1) is 6.19. The number of aldehydes is 1. The van der Waals surface area contributed by atoms with Gasteiger partial charge in [-0.2, -0.15) is 0 Å². The highest BCUT2D eigenvalue weighted by Gasteiger charge is 2.06. The van der Waals surface area contributed by atoms with Crippen molar-refractivity contribution in [2.24, 2.45) is 0 Å². The second-order valence-electron chi connectivity index (χ2n) is 2.79. The van der Waals surface area contributed by atoms with Crippen molar-refractivity contribution in [3.05, 3.63) is 27.7 Å². The molecule has 0 fully saturated rings. The van der Waals surface area contributed by atoms with Crippen LogP contribution in [0.3, 0.4) is 0 Å². The molecule has 1 heterocycles. The maximum absolute atomic E-state index is 11.1. The van der Waals surface area contributed by atoms with Crippen LogP contribution in [0.2, 0.25) is 0 Å². The van der Waals surface area contributed by atoms with Gasteiger partial charge in [-0.15, -0.1) is 0 Å². The third kappa shape index (κ3) is 1.96. The normalized spacial score (nSPS) is 9.92. The van der Waals surface area contributed by atoms with Crippen molar-refractivity contribution in [3.63, 3.8) is 0 Å². The number of aromatic amines is 1. The molecule has 1 rings (SSSR count). The van der Waals surface area contributed by atoms with Crippen LogP contribution < -0.4 is 5.56 Å². The Morgan fingerprint density at radius 1 is 1.62 bits per heavy atom. The molecule has 13 heavy (non-hydrogen) atoms. The summed E-state index contributed by atoms with van der Waals surface area (Å²) in [6.07, 6.45) is 1.90. The summed E-state index contributed by atoms with van der Waals surface area (Å²) in [5, 5.41) is 9.25. The van der Waals surface area contributed by atoms with Gasteiger partial charge in [-0.3, -0.25) is 9.59 Å². The summed E-state index contributed by atoms with van der Waals surface area (Å²) in [5.74, 6) is -0.248. The first kappa shape index (κ1) is 9.51. The summed E-state index contributed by atoms with van der Waals surface area (Å²) >= 11 is 0. The van der Waals surface area contributed by atoms with E-state index in [4.69, 9.17) is 0 Å². The predicted molar refractivity (Wildman–Crippen MR) is 48.1 cm³/mol. The highest BCUT2D eigenvalue weighted by atomic mass is 16.3. The van der Waals surface area contributed by atoms with E-state index in [0.29, 0.717) is 18.4 Å². The molecule has 1 aromatic heterocycles. The zero-order valence-electron chi connectivity index (χ0n) is 7.33. The molecule has 0 aliphatic heterocycles. The number of aromatic hydroxyl groups is 1. The second kappa shape index (κ2) is 3.89. The Kier molecular flexibility index (Phi) is 2.84. The predicted octanol–water partition coefficient (Wildman–Crippen LogP) is 0.845. The zero-order valence-corrected chi connectivity index (χ0v) is 7.33. The van der Waals surface area contributed by atoms with Crippen molar-refractivity contribution >= 4 is 6.29 Å². The van der Waals surface area contributed by atoms with Gasteiger partial charge >= 0.3 is 0 Å². The third-order valence-electron chi connectivity index (χ3n) is 1.74. The van der Waals surface area contributed by atoms with E-state index in [1.165, 1.54) is 6.07 Å². The van der Waals surface area contributed by atoms with Gasteiger partial charge in [0, 0.05) is 11.8 Å². The highest BCUT2D eigenvalue weighted by molar-refractivity contribution is 5.78. The molecular weight excluding hydrogens is 170 g/mol. The summed E-state index contributed by atoms with van der Waals surface area (Å²) < 4.78 is 0. The Hall–Kier alpha value is -1.58. The average Bonchev–Trinajstić information content (AvgIpc) is 2.04. The van der Waals surface area contributed by atoms with Crippen LogP contribution in [-0.2, 0) is 6.42 Å². The number of aromatic nitrogens is 1. The molecule has 0 aliphatic rings. The summed E-state index contributed by atoms with van der Waals surface area (Å²) in [6.45, 7) is 1.96. The topological polar surface area (TPSA) is 70.2 Å². The molecule has 0 atom stereocenters. The van der Waals surface area contributed by atoms with E-state index >= 15 is 0 Å². The maximum atomic E-state index is 11.1. The number of aryl methyl sites for hydroxylation is 1. The van der Waals surface area contributed by atoms with Crippen LogP contribution in [0.1, 0.15) is 29.4 Å². The lowest BCUT2D eigenvalue weighted by Gasteiger charge is -2.00. The Morgan fingerprint density at radius 2 is 2.31 bits per heavy atom. The lowest BCUT2D eigenvalue weighted by molar-refractivity contribution is 0.111. The lowest BCUT2D eigenvalue weighted by Crippen LogP contribution is -2.14. The molecule has 0 radical (unpaired) electrons. The van der Waals surface area contributed by atoms with Gasteiger partial charge in [0.15, 0.2) is 6.29 Å². The molecule has 4 nitrogen and oxygen atoms in total. The molecule has 1 aromatic rings. The van der Waals surface area contributed by atoms with Gasteiger partial charge in [0.25, 0.3) is 5.56 Å². The zero-order chi connectivity index (χ0) is 9.84. The monoisotopic (exact) mass is 181 g/mol. The summed E-state index contributed by atoms with van der Waals surface area (Å²) in [6, 6.07) is 1.41. The minimum Gasteiger partial charge on any atom is -0.507 e. The fraction of sp³-hybridized carbons (Fsp3) is 0.333. The first-order valence-corrected chi connectivity index (χ1v) is 4.09. The van der Waals surface area contributed by atoms with Crippen LogP contribution in [0.25, 0.3) is 0 Å². The number of H-pyrrole nitrogens is 1. The second-order valence-corrected chi connectivity index (χ2v) is 2.79. The Balaban J connectivity index is 3.20. The number of hydrogen-bond donors (Lipinski definition) is 2. The molecule has 0 saturated heterocycles. The molecule has 0 aliphatic carbocycles. The van der Waals surface area contributed by atoms with Gasteiger partial charge in [-0.1, -0.05) is 13.3 Å². The van der Waals surface area contributed by atoms with Gasteiger partial charge in [-0.05, 0) is 6.42 Å². The standard InChI is InChI=1S/C9H11NO3/c1-2-3-6-4-8(12)7(5-11)9(13)10-6/h4-5H,2-3H2,1H3,(H2,10,12,13). The smallest absolute Gasteiger partial charge is 0.262 e. The van der Waals surface area contributed by atoms with Gasteiger partial charge in [0.05, 0.1) is 0 Å². The van der Waals surface area contributed by atoms with Crippen LogP contribution in [0.5, 0.6) is 5.75 Å². The molecule has 4 heteroatoms. The number of hydrogen-bond acceptors (Lipinski definition) is 3. The van der Waals surface area contributed by atoms with Crippen molar-refractivity contribution in [1.29, 1.82) is 0 Å². The highest BCUT2D eigenvalue weighted by Crippen LogP contribution is 2.11. The molecule has 0 amide bonds. The summed E-state index contributed by atoms with van der Waals surface area (Å²) in [7, 11) is 0. The fourth-order valence-electron chi connectivity index (χ4n) is 1.13. The SMILES string of the molecule is CCCc1cc(O)c(C=O)c(=O)[nH]1. The molecular formula is C9H11NO3. The summed E-state index contributed by atoms with van der Waals surface area (Å²) in [5.41, 5.74) is -0.0890. The average molecular weight is 181 g/mol. The van der Waals surface area contributed by atoms with Gasteiger partial charge < -0.3 is 10.1 Å². The minimum atomic E-state index is -0.529. The van der Waals surface area contributed by atoms with Gasteiger partial charge in [0.1, 0.15) is 11.3 Å². The Bertz CT molecular complexity index is 368. The van der Waals surface area contributed by atoms with E-state index in [9.17, 15) is 14.7 Å². The third-order valence-corrected chi connectivity index (χ3v) is 1.74. The maximum Gasteiger partial charge on any atom is 0.262 e. The molecule has 2 N–H and O–H groups in total. The van der Waals surface area contributed by atoms with Gasteiger partial charge in [0.2, 0.25) is 0 Å². The number of rotatable bonds is 3. The van der Waals surface area contributed by atoms with E-state index in [0.717, 1.165) is 6.42 Å². The fourth-order valence-corrected chi connectivity index (χ4v) is 1.13. The van der Waals surface area contributed by atoms with Gasteiger partial charge in [-0.25, -0.2) is 0 Å². The van der Waals surface area contributed by atoms with Crippen LogP contribution >= 0.6 is 0 Å². The van der Waals surface area contributed by atoms with E-state index in [1.54, 1.807) is 0 Å². The largest absolute Gasteiger partial charge is 0.507 e. The number of carbonyl (C=O) groups is 1. The lowest BCUT2D eigenvalue weighted by atomic mass is 10.2. The quantitative estimate of drug-likeness (QED) is 0.679. The van der Waals surface area contributed by atoms with E-state index < -0.39 is 5.56 Å². The number of nitrogens with one attached hydrogen (secondary N) is 1. The van der Waals surface area contributed by atoms with E-state index in [1.807, 2.05) is 6.92 Å². The number of pyridine rings is 1. The summed E-state index contributed by atoms with van der Waals surface area (Å²) in [4.78, 5) is 24.0. The first-order valence-electron chi connectivity index (χ1n) is 4.09. The van der Waals surface area contributed by atoms with Crippen molar-refractivity contribution in [2.45, 2.75) is 19.8 Å². The molecule has 70 valence electrons. The Labute approximate surface area is 75.2 Å². The van der Waals surface area contributed by atoms with Crippen LogP contribution in [-0.4, -0.2) is 16.4 Å². The number of carbonyl (C=O) groups excluding carboxylic acids is 1. The molecule has 0 saturated carbocycles. The van der Waals surface area contributed by atoms with Crippen molar-refractivity contribution in [1.82, 2.24) is 4.98 Å². The van der Waals surface area contributed by atoms with Crippen molar-refractivity contribution in [2.75, 3.05) is 0 Å². The van der Waals surface area contributed by atoms with Crippen LogP contribution in [0.15, 0.2) is 10.9 Å². The molecule has 0 bridgehead atoms. The van der Waals surface area contributed by atoms with Crippen molar-refractivity contribution < 1.29 is 9.90 Å².